The summed E-state index contributed by atoms with van der Waals surface area (Å²) in [4.78, 5) is 70.0. The number of ketones is 1. The zero-order valence-corrected chi connectivity index (χ0v) is 26.4. The van der Waals surface area contributed by atoms with Crippen molar-refractivity contribution >= 4 is 36.0 Å². The fourth-order valence-corrected chi connectivity index (χ4v) is 3.91. The van der Waals surface area contributed by atoms with Crippen LogP contribution in [0.2, 0.25) is 0 Å². The van der Waals surface area contributed by atoms with Gasteiger partial charge in [-0.2, -0.15) is 0 Å². The average molecular weight is 584 g/mol. The number of nitrogens with zero attached hydrogens (tertiary/aromatic N) is 1. The van der Waals surface area contributed by atoms with Crippen molar-refractivity contribution in [2.75, 3.05) is 13.1 Å². The molecule has 2 rings (SSSR count). The first kappa shape index (κ1) is 37.8. The molecule has 236 valence electrons. The predicted molar refractivity (Wildman–Crippen MR) is 156 cm³/mol. The Balaban J connectivity index is 0.000000783. The minimum absolute atomic E-state index is 0.0765. The smallest absolute Gasteiger partial charge is 0.325 e. The van der Waals surface area contributed by atoms with E-state index in [1.807, 2.05) is 32.6 Å². The van der Waals surface area contributed by atoms with Crippen LogP contribution in [0.15, 0.2) is 0 Å². The molecule has 1 heterocycles. The number of urea groups is 1. The Morgan fingerprint density at radius 3 is 1.98 bits per heavy atom. The molecule has 12 heteroatoms. The fourth-order valence-electron chi connectivity index (χ4n) is 3.91. The molecule has 0 spiro atoms. The summed E-state index contributed by atoms with van der Waals surface area (Å²) < 4.78 is 4.96. The SMILES string of the molecule is CC(C)C.CC(C)OC(=O)CNC(=O)NC(C(=O)N1CCCC1C)C(C)(C)C.NC(=O)C(=O)C(CC1CC1)NC=O. The number of esters is 1. The van der Waals surface area contributed by atoms with Crippen LogP contribution < -0.4 is 21.7 Å². The first-order valence-corrected chi connectivity index (χ1v) is 14.5. The van der Waals surface area contributed by atoms with Crippen LogP contribution in [0.4, 0.5) is 4.79 Å². The number of rotatable bonds is 11. The van der Waals surface area contributed by atoms with Crippen molar-refractivity contribution in [1.29, 1.82) is 0 Å². The van der Waals surface area contributed by atoms with E-state index < -0.39 is 41.2 Å². The molecule has 3 atom stereocenters. The number of primary amides is 1. The molecule has 0 bridgehead atoms. The highest BCUT2D eigenvalue weighted by atomic mass is 16.5. The Labute approximate surface area is 245 Å². The van der Waals surface area contributed by atoms with Gasteiger partial charge < -0.3 is 31.3 Å². The topological polar surface area (TPSA) is 177 Å². The van der Waals surface area contributed by atoms with Gasteiger partial charge in [-0.1, -0.05) is 54.4 Å². The molecule has 41 heavy (non-hydrogen) atoms. The first-order chi connectivity index (χ1) is 18.9. The second kappa shape index (κ2) is 18.3. The lowest BCUT2D eigenvalue weighted by Gasteiger charge is -2.35. The Kier molecular flexibility index (Phi) is 16.9. The summed E-state index contributed by atoms with van der Waals surface area (Å²) >= 11 is 0. The summed E-state index contributed by atoms with van der Waals surface area (Å²) in [6.45, 7) is 18.2. The number of carbonyl (C=O) groups is 6. The number of nitrogens with two attached hydrogens (primary N) is 1. The molecule has 1 aliphatic heterocycles. The third-order valence-corrected chi connectivity index (χ3v) is 6.08. The maximum atomic E-state index is 12.8. The molecule has 12 nitrogen and oxygen atoms in total. The Hall–Kier alpha value is -3.18. The molecule has 1 saturated carbocycles. The highest BCUT2D eigenvalue weighted by Crippen LogP contribution is 2.33. The number of amides is 5. The largest absolute Gasteiger partial charge is 0.462 e. The van der Waals surface area contributed by atoms with Crippen LogP contribution in [-0.2, 0) is 28.7 Å². The number of hydrogen-bond acceptors (Lipinski definition) is 7. The van der Waals surface area contributed by atoms with Crippen molar-refractivity contribution < 1.29 is 33.5 Å². The van der Waals surface area contributed by atoms with E-state index in [9.17, 15) is 28.8 Å². The Bertz CT molecular complexity index is 879. The molecule has 0 aromatic heterocycles. The van der Waals surface area contributed by atoms with Gasteiger partial charge in [-0.25, -0.2) is 4.79 Å². The normalized spacial score (nSPS) is 17.6. The highest BCUT2D eigenvalue weighted by molar-refractivity contribution is 6.37. The van der Waals surface area contributed by atoms with E-state index in [0.29, 0.717) is 18.7 Å². The second-order valence-corrected chi connectivity index (χ2v) is 12.7. The van der Waals surface area contributed by atoms with E-state index in [0.717, 1.165) is 38.1 Å². The van der Waals surface area contributed by atoms with Crippen LogP contribution in [-0.4, -0.2) is 78.2 Å². The van der Waals surface area contributed by atoms with Gasteiger partial charge in [0, 0.05) is 12.6 Å². The number of nitrogens with one attached hydrogen (secondary N) is 3. The fraction of sp³-hybridized carbons (Fsp3) is 0.793. The number of hydrogen-bond donors (Lipinski definition) is 4. The van der Waals surface area contributed by atoms with Crippen LogP contribution >= 0.6 is 0 Å². The highest BCUT2D eigenvalue weighted by Gasteiger charge is 2.38. The molecule has 5 amide bonds. The van der Waals surface area contributed by atoms with Gasteiger partial charge in [0.25, 0.3) is 5.91 Å². The molecule has 0 aromatic rings. The number of Topliss-reactive ketones (excluding diaryl/α,β-unsaturated/α-hetero) is 1. The maximum absolute atomic E-state index is 12.8. The molecule has 3 unspecified atom stereocenters. The minimum Gasteiger partial charge on any atom is -0.462 e. The zero-order chi connectivity index (χ0) is 31.9. The standard InChI is InChI=1S/C17H31N3O4.C8H12N2O3.C4H10/c1-11(2)24-13(21)10-18-16(23)19-14(17(4,5)6)15(22)20-9-7-8-12(20)3;9-8(13)7(12)6(10-4-11)3-5-1-2-5;1-4(2)3/h11-12,14H,7-10H2,1-6H3,(H2,18,19,23);4-6H,1-3H2,(H2,9,13)(H,10,11);4H,1-3H3. The monoisotopic (exact) mass is 583 g/mol. The van der Waals surface area contributed by atoms with Crippen molar-refractivity contribution in [3.8, 4) is 0 Å². The Morgan fingerprint density at radius 1 is 1.02 bits per heavy atom. The van der Waals surface area contributed by atoms with Crippen LogP contribution in [0.1, 0.15) is 94.4 Å². The van der Waals surface area contributed by atoms with Gasteiger partial charge in [-0.05, 0) is 57.3 Å². The number of carbonyl (C=O) groups excluding carboxylic acids is 6. The summed E-state index contributed by atoms with van der Waals surface area (Å²) in [6, 6.07) is -1.73. The van der Waals surface area contributed by atoms with Crippen LogP contribution in [0.5, 0.6) is 0 Å². The van der Waals surface area contributed by atoms with E-state index in [-0.39, 0.29) is 24.6 Å². The third kappa shape index (κ3) is 16.6. The second-order valence-electron chi connectivity index (χ2n) is 12.7. The predicted octanol–water partition coefficient (Wildman–Crippen LogP) is 2.28. The van der Waals surface area contributed by atoms with Gasteiger partial charge in [-0.15, -0.1) is 0 Å². The molecule has 2 aliphatic rings. The molecule has 0 aromatic carbocycles. The summed E-state index contributed by atoms with van der Waals surface area (Å²) in [5.74, 6) is -0.987. The Morgan fingerprint density at radius 2 is 1.59 bits per heavy atom. The van der Waals surface area contributed by atoms with Gasteiger partial charge in [0.1, 0.15) is 12.6 Å². The molecular formula is C29H53N5O7. The van der Waals surface area contributed by atoms with E-state index in [1.165, 1.54) is 0 Å². The van der Waals surface area contributed by atoms with Gasteiger partial charge >= 0.3 is 12.0 Å². The van der Waals surface area contributed by atoms with Crippen molar-refractivity contribution in [2.24, 2.45) is 23.0 Å². The van der Waals surface area contributed by atoms with E-state index in [2.05, 4.69) is 36.7 Å². The summed E-state index contributed by atoms with van der Waals surface area (Å²) in [7, 11) is 0. The van der Waals surface area contributed by atoms with Crippen molar-refractivity contribution in [3.05, 3.63) is 0 Å². The summed E-state index contributed by atoms with van der Waals surface area (Å²) in [5, 5.41) is 7.47. The summed E-state index contributed by atoms with van der Waals surface area (Å²) in [6.07, 6.45) is 4.80. The van der Waals surface area contributed by atoms with E-state index in [4.69, 9.17) is 10.5 Å². The van der Waals surface area contributed by atoms with Gasteiger partial charge in [0.2, 0.25) is 18.1 Å². The van der Waals surface area contributed by atoms with Crippen molar-refractivity contribution in [3.63, 3.8) is 0 Å². The van der Waals surface area contributed by atoms with Gasteiger partial charge in [0.15, 0.2) is 0 Å². The average Bonchev–Trinajstić information content (AvgIpc) is 3.55. The quantitative estimate of drug-likeness (QED) is 0.164. The third-order valence-electron chi connectivity index (χ3n) is 6.08. The van der Waals surface area contributed by atoms with Gasteiger partial charge in [0.05, 0.1) is 12.1 Å². The lowest BCUT2D eigenvalue weighted by atomic mass is 9.85. The van der Waals surface area contributed by atoms with Crippen LogP contribution in [0, 0.1) is 17.3 Å². The number of likely N-dealkylation sites (tertiary alicyclic amines) is 1. The number of ether oxygens (including phenoxy) is 1. The molecular weight excluding hydrogens is 530 g/mol. The first-order valence-electron chi connectivity index (χ1n) is 14.5. The molecule has 1 aliphatic carbocycles. The van der Waals surface area contributed by atoms with Crippen molar-refractivity contribution in [1.82, 2.24) is 20.9 Å². The minimum atomic E-state index is -0.986. The van der Waals surface area contributed by atoms with E-state index in [1.54, 1.807) is 13.8 Å². The van der Waals surface area contributed by atoms with Crippen LogP contribution in [0.25, 0.3) is 0 Å². The molecule has 0 radical (unpaired) electrons. The lowest BCUT2D eigenvalue weighted by molar-refractivity contribution is -0.146. The molecule has 5 N–H and O–H groups in total. The van der Waals surface area contributed by atoms with Gasteiger partial charge in [-0.3, -0.25) is 24.0 Å². The lowest BCUT2D eigenvalue weighted by Crippen LogP contribution is -2.57. The summed E-state index contributed by atoms with van der Waals surface area (Å²) in [5.41, 5.74) is 4.38. The van der Waals surface area contributed by atoms with E-state index >= 15 is 0 Å². The van der Waals surface area contributed by atoms with Crippen molar-refractivity contribution in [2.45, 2.75) is 119 Å². The molecule has 1 saturated heterocycles. The van der Waals surface area contributed by atoms with Crippen LogP contribution in [0.3, 0.4) is 0 Å². The zero-order valence-electron chi connectivity index (χ0n) is 26.4. The maximum Gasteiger partial charge on any atom is 0.325 e. The molecule has 2 fully saturated rings.